The van der Waals surface area contributed by atoms with Gasteiger partial charge in [0.1, 0.15) is 0 Å². The first-order chi connectivity index (χ1) is 6.86. The highest BCUT2D eigenvalue weighted by Crippen LogP contribution is 2.32. The summed E-state index contributed by atoms with van der Waals surface area (Å²) in [6.07, 6.45) is 1.86. The number of rotatable bonds is 8. The molecule has 0 aromatic carbocycles. The minimum atomic E-state index is -0.713. The Kier molecular flexibility index (Phi) is 6.84. The zero-order chi connectivity index (χ0) is 11.9. The smallest absolute Gasteiger partial charge is 0.303 e. The maximum absolute atomic E-state index is 10.2. The van der Waals surface area contributed by atoms with E-state index >= 15 is 0 Å². The number of hydrogen-bond acceptors (Lipinski definition) is 2. The summed E-state index contributed by atoms with van der Waals surface area (Å²) in [7, 11) is -0.503. The number of carbonyl (C=O) groups is 1. The molecular formula is C11H24O3Si. The first-order valence-electron chi connectivity index (χ1n) is 5.66. The molecule has 4 heteroatoms. The Morgan fingerprint density at radius 3 is 2.47 bits per heavy atom. The van der Waals surface area contributed by atoms with Crippen LogP contribution in [-0.4, -0.2) is 27.4 Å². The van der Waals surface area contributed by atoms with Crippen LogP contribution in [0.2, 0.25) is 5.04 Å². The number of carboxylic acids is 1. The largest absolute Gasteiger partial charge is 0.481 e. The van der Waals surface area contributed by atoms with Gasteiger partial charge in [-0.2, -0.15) is 0 Å². The van der Waals surface area contributed by atoms with Crippen molar-refractivity contribution in [3.05, 3.63) is 0 Å². The van der Waals surface area contributed by atoms with E-state index in [1.165, 1.54) is 0 Å². The van der Waals surface area contributed by atoms with Crippen LogP contribution in [0.1, 0.15) is 47.0 Å². The molecule has 0 rings (SSSR count). The van der Waals surface area contributed by atoms with Crippen LogP contribution in [0, 0.1) is 5.92 Å². The lowest BCUT2D eigenvalue weighted by Gasteiger charge is -2.28. The number of aliphatic carboxylic acids is 1. The summed E-state index contributed by atoms with van der Waals surface area (Å²) in [6.45, 7) is 9.68. The van der Waals surface area contributed by atoms with Gasteiger partial charge in [-0.15, -0.1) is 0 Å². The van der Waals surface area contributed by atoms with E-state index in [0.29, 0.717) is 11.0 Å². The summed E-state index contributed by atoms with van der Waals surface area (Å²) in [4.78, 5) is 10.2. The van der Waals surface area contributed by atoms with Crippen molar-refractivity contribution in [3.8, 4) is 0 Å². The molecule has 0 atom stereocenters. The Balaban J connectivity index is 3.42. The molecular weight excluding hydrogens is 208 g/mol. The molecule has 0 saturated carbocycles. The van der Waals surface area contributed by atoms with Crippen molar-refractivity contribution in [1.82, 2.24) is 0 Å². The fraction of sp³-hybridized carbons (Fsp3) is 0.909. The van der Waals surface area contributed by atoms with E-state index in [1.807, 2.05) is 0 Å². The third kappa shape index (κ3) is 7.56. The fourth-order valence-corrected chi connectivity index (χ4v) is 2.19. The van der Waals surface area contributed by atoms with Gasteiger partial charge in [-0.1, -0.05) is 27.7 Å². The molecule has 0 radical (unpaired) electrons. The number of carboxylic acid groups (broad SMARTS) is 1. The third-order valence-electron chi connectivity index (χ3n) is 2.97. The van der Waals surface area contributed by atoms with Gasteiger partial charge in [-0.3, -0.25) is 4.79 Å². The third-order valence-corrected chi connectivity index (χ3v) is 5.02. The molecule has 15 heavy (non-hydrogen) atoms. The first-order valence-corrected chi connectivity index (χ1v) is 6.94. The summed E-state index contributed by atoms with van der Waals surface area (Å²) in [5.74, 6) is -0.0575. The van der Waals surface area contributed by atoms with Crippen LogP contribution in [0.3, 0.4) is 0 Å². The zero-order valence-electron chi connectivity index (χ0n) is 10.4. The molecule has 0 aliphatic rings. The molecule has 0 aliphatic carbocycles. The molecule has 0 heterocycles. The minimum Gasteiger partial charge on any atom is -0.481 e. The van der Waals surface area contributed by atoms with Gasteiger partial charge in [-0.05, 0) is 23.8 Å². The lowest BCUT2D eigenvalue weighted by atomic mass is 9.99. The van der Waals surface area contributed by atoms with E-state index in [9.17, 15) is 4.79 Å². The predicted molar refractivity (Wildman–Crippen MR) is 64.9 cm³/mol. The Morgan fingerprint density at radius 2 is 2.00 bits per heavy atom. The first kappa shape index (κ1) is 14.6. The summed E-state index contributed by atoms with van der Waals surface area (Å²) >= 11 is 0. The Morgan fingerprint density at radius 1 is 1.40 bits per heavy atom. The summed E-state index contributed by atoms with van der Waals surface area (Å²) in [5, 5.41) is 8.78. The second kappa shape index (κ2) is 7.01. The van der Waals surface area contributed by atoms with Gasteiger partial charge in [0.2, 0.25) is 0 Å². The van der Waals surface area contributed by atoms with E-state index in [1.54, 1.807) is 0 Å². The summed E-state index contributed by atoms with van der Waals surface area (Å²) in [5.41, 5.74) is 0. The quantitative estimate of drug-likeness (QED) is 0.515. The van der Waals surface area contributed by atoms with Gasteiger partial charge < -0.3 is 9.53 Å². The van der Waals surface area contributed by atoms with Gasteiger partial charge >= 0.3 is 5.97 Å². The Hall–Kier alpha value is -0.353. The van der Waals surface area contributed by atoms with Crippen LogP contribution >= 0.6 is 0 Å². The molecule has 0 aliphatic heterocycles. The van der Waals surface area contributed by atoms with Crippen LogP contribution in [0.25, 0.3) is 0 Å². The predicted octanol–water partition coefficient (Wildman–Crippen LogP) is 2.20. The van der Waals surface area contributed by atoms with E-state index in [2.05, 4.69) is 27.7 Å². The van der Waals surface area contributed by atoms with Crippen LogP contribution in [0.15, 0.2) is 0 Å². The number of unbranched alkanes of at least 4 members (excludes halogenated alkanes) is 1. The number of hydrogen-bond donors (Lipinski definition) is 1. The Labute approximate surface area is 95.2 Å². The molecule has 0 aromatic rings. The average molecular weight is 232 g/mol. The van der Waals surface area contributed by atoms with E-state index < -0.39 is 15.7 Å². The van der Waals surface area contributed by atoms with Crippen LogP contribution < -0.4 is 0 Å². The molecule has 0 bridgehead atoms. The molecule has 0 saturated heterocycles. The summed E-state index contributed by atoms with van der Waals surface area (Å²) in [6, 6.07) is 0. The molecule has 0 spiro atoms. The second-order valence-electron chi connectivity index (χ2n) is 5.05. The van der Waals surface area contributed by atoms with Gasteiger partial charge in [0.05, 0.1) is 0 Å². The maximum atomic E-state index is 10.2. The SMILES string of the molecule is CC(C)C(C)(C)[SiH2]OCCCCC(=O)O. The highest BCUT2D eigenvalue weighted by Gasteiger charge is 2.23. The molecule has 1 N–H and O–H groups in total. The average Bonchev–Trinajstić information content (AvgIpc) is 2.10. The van der Waals surface area contributed by atoms with Crippen molar-refractivity contribution in [2.24, 2.45) is 5.92 Å². The highest BCUT2D eigenvalue weighted by atomic mass is 28.2. The van der Waals surface area contributed by atoms with Gasteiger partial charge in [0.15, 0.2) is 9.76 Å². The van der Waals surface area contributed by atoms with Crippen LogP contribution in [-0.2, 0) is 9.22 Å². The molecule has 0 fully saturated rings. The van der Waals surface area contributed by atoms with Crippen molar-refractivity contribution < 1.29 is 14.3 Å². The minimum absolute atomic E-state index is 0.262. The molecule has 3 nitrogen and oxygen atoms in total. The van der Waals surface area contributed by atoms with E-state index in [0.717, 1.165) is 19.4 Å². The van der Waals surface area contributed by atoms with E-state index in [-0.39, 0.29) is 6.42 Å². The topological polar surface area (TPSA) is 46.5 Å². The molecule has 0 amide bonds. The van der Waals surface area contributed by atoms with Gasteiger partial charge in [0, 0.05) is 13.0 Å². The zero-order valence-corrected chi connectivity index (χ0v) is 11.8. The fourth-order valence-electron chi connectivity index (χ4n) is 0.982. The van der Waals surface area contributed by atoms with Crippen molar-refractivity contribution in [2.75, 3.05) is 6.61 Å². The van der Waals surface area contributed by atoms with E-state index in [4.69, 9.17) is 9.53 Å². The van der Waals surface area contributed by atoms with Gasteiger partial charge in [-0.25, -0.2) is 0 Å². The van der Waals surface area contributed by atoms with Crippen molar-refractivity contribution in [3.63, 3.8) is 0 Å². The standard InChI is InChI=1S/C11H24O3Si/c1-9(2)11(3,4)15-14-8-6-5-7-10(12)13/h9H,5-8,15H2,1-4H3,(H,12,13). The van der Waals surface area contributed by atoms with Crippen LogP contribution in [0.4, 0.5) is 0 Å². The van der Waals surface area contributed by atoms with Gasteiger partial charge in [0.25, 0.3) is 0 Å². The normalized spacial score (nSPS) is 12.9. The lowest BCUT2D eigenvalue weighted by molar-refractivity contribution is -0.137. The van der Waals surface area contributed by atoms with Crippen molar-refractivity contribution in [2.45, 2.75) is 52.0 Å². The Bertz CT molecular complexity index is 190. The van der Waals surface area contributed by atoms with Crippen molar-refractivity contribution in [1.29, 1.82) is 0 Å². The molecule has 90 valence electrons. The maximum Gasteiger partial charge on any atom is 0.303 e. The molecule has 0 unspecified atom stereocenters. The van der Waals surface area contributed by atoms with Crippen LogP contribution in [0.5, 0.6) is 0 Å². The molecule has 0 aromatic heterocycles. The lowest BCUT2D eigenvalue weighted by Crippen LogP contribution is -2.22. The monoisotopic (exact) mass is 232 g/mol. The van der Waals surface area contributed by atoms with Crippen molar-refractivity contribution >= 4 is 15.7 Å². The second-order valence-corrected chi connectivity index (χ2v) is 7.57. The summed E-state index contributed by atoms with van der Waals surface area (Å²) < 4.78 is 5.69. The highest BCUT2D eigenvalue weighted by molar-refractivity contribution is 6.32.